The molecular formula is C7H6N3O2S2-. The van der Waals surface area contributed by atoms with E-state index in [1.54, 1.807) is 18.2 Å². The summed E-state index contributed by atoms with van der Waals surface area (Å²) < 4.78 is 23.8. The average Bonchev–Trinajstić information content (AvgIpc) is 2.42. The summed E-state index contributed by atoms with van der Waals surface area (Å²) >= 11 is -0.981. The second-order valence-electron chi connectivity index (χ2n) is 2.57. The highest BCUT2D eigenvalue weighted by molar-refractivity contribution is 7.80. The molecule has 1 atom stereocenters. The molecule has 0 aliphatic rings. The topological polar surface area (TPSA) is 91.1 Å². The third-order valence-electron chi connectivity index (χ3n) is 1.61. The molecule has 0 amide bonds. The molecule has 3 N–H and O–H groups in total. The third-order valence-corrected chi connectivity index (χ3v) is 2.86. The van der Waals surface area contributed by atoms with E-state index in [2.05, 4.69) is 9.71 Å². The van der Waals surface area contributed by atoms with Crippen molar-refractivity contribution in [3.63, 3.8) is 0 Å². The van der Waals surface area contributed by atoms with Crippen LogP contribution < -0.4 is 10.5 Å². The molecule has 0 aliphatic heterocycles. The summed E-state index contributed by atoms with van der Waals surface area (Å²) in [5.74, 6) is 0. The van der Waals surface area contributed by atoms with Gasteiger partial charge in [-0.3, -0.25) is 4.21 Å². The molecule has 14 heavy (non-hydrogen) atoms. The Morgan fingerprint density at radius 3 is 3.07 bits per heavy atom. The maximum absolute atomic E-state index is 10.4. The second-order valence-corrected chi connectivity index (χ2v) is 4.31. The van der Waals surface area contributed by atoms with Gasteiger partial charge in [-0.15, -0.1) is 0 Å². The van der Waals surface area contributed by atoms with Gasteiger partial charge in [0.05, 0.1) is 10.2 Å². The Hall–Kier alpha value is -1.18. The Morgan fingerprint density at radius 1 is 1.57 bits per heavy atom. The van der Waals surface area contributed by atoms with Crippen molar-refractivity contribution in [2.45, 2.75) is 0 Å². The highest BCUT2D eigenvalue weighted by Gasteiger charge is 2.01. The van der Waals surface area contributed by atoms with E-state index in [9.17, 15) is 8.76 Å². The van der Waals surface area contributed by atoms with Crippen LogP contribution in [0.1, 0.15) is 0 Å². The molecule has 1 unspecified atom stereocenters. The average molecular weight is 228 g/mol. The first-order chi connectivity index (χ1) is 6.65. The zero-order valence-corrected chi connectivity index (χ0v) is 8.52. The number of rotatable bonds is 2. The first kappa shape index (κ1) is 9.38. The Labute approximate surface area is 86.4 Å². The van der Waals surface area contributed by atoms with Crippen molar-refractivity contribution in [2.75, 3.05) is 10.5 Å². The molecule has 2 rings (SSSR count). The molecule has 74 valence electrons. The number of nitrogens with one attached hydrogen (secondary N) is 1. The zero-order chi connectivity index (χ0) is 10.1. The van der Waals surface area contributed by atoms with E-state index >= 15 is 0 Å². The van der Waals surface area contributed by atoms with Gasteiger partial charge < -0.3 is 15.0 Å². The SMILES string of the molecule is Nc1nc2ccc(NS(=O)[O-])cc2s1. The van der Waals surface area contributed by atoms with Crippen LogP contribution in [0.4, 0.5) is 10.8 Å². The van der Waals surface area contributed by atoms with Crippen LogP contribution in [-0.4, -0.2) is 13.7 Å². The number of fused-ring (bicyclic) bond motifs is 1. The summed E-state index contributed by atoms with van der Waals surface area (Å²) in [5, 5.41) is 0.473. The van der Waals surface area contributed by atoms with Gasteiger partial charge in [0.1, 0.15) is 0 Å². The van der Waals surface area contributed by atoms with Crippen molar-refractivity contribution in [3.8, 4) is 0 Å². The van der Waals surface area contributed by atoms with Gasteiger partial charge >= 0.3 is 0 Å². The molecule has 2 aromatic rings. The van der Waals surface area contributed by atoms with E-state index in [1.807, 2.05) is 0 Å². The van der Waals surface area contributed by atoms with Crippen LogP contribution in [0.2, 0.25) is 0 Å². The Kier molecular flexibility index (Phi) is 2.36. The van der Waals surface area contributed by atoms with Gasteiger partial charge in [0.25, 0.3) is 0 Å². The predicted molar refractivity (Wildman–Crippen MR) is 56.6 cm³/mol. The predicted octanol–water partition coefficient (Wildman–Crippen LogP) is 1.08. The minimum Gasteiger partial charge on any atom is -0.755 e. The number of nitrogens with zero attached hydrogens (tertiary/aromatic N) is 1. The largest absolute Gasteiger partial charge is 0.755 e. The minimum atomic E-state index is -2.30. The molecule has 0 saturated carbocycles. The smallest absolute Gasteiger partial charge is 0.181 e. The first-order valence-electron chi connectivity index (χ1n) is 3.67. The molecule has 7 heteroatoms. The fourth-order valence-corrected chi connectivity index (χ4v) is 2.20. The highest BCUT2D eigenvalue weighted by atomic mass is 32.2. The lowest BCUT2D eigenvalue weighted by atomic mass is 10.3. The lowest BCUT2D eigenvalue weighted by Gasteiger charge is -2.07. The van der Waals surface area contributed by atoms with Crippen LogP contribution in [-0.2, 0) is 11.3 Å². The summed E-state index contributed by atoms with van der Waals surface area (Å²) in [6, 6.07) is 5.05. The van der Waals surface area contributed by atoms with Crippen LogP contribution in [0.3, 0.4) is 0 Å². The molecule has 0 saturated heterocycles. The molecular weight excluding hydrogens is 222 g/mol. The van der Waals surface area contributed by atoms with E-state index in [4.69, 9.17) is 5.73 Å². The van der Waals surface area contributed by atoms with Gasteiger partial charge in [-0.25, -0.2) is 4.98 Å². The van der Waals surface area contributed by atoms with Crippen molar-refractivity contribution < 1.29 is 8.76 Å². The Balaban J connectivity index is 2.45. The van der Waals surface area contributed by atoms with Crippen LogP contribution in [0.15, 0.2) is 18.2 Å². The van der Waals surface area contributed by atoms with E-state index in [-0.39, 0.29) is 0 Å². The number of nitrogen functional groups attached to an aromatic ring is 1. The Bertz CT molecular complexity index is 497. The van der Waals surface area contributed by atoms with Crippen LogP contribution in [0.25, 0.3) is 10.2 Å². The van der Waals surface area contributed by atoms with Gasteiger partial charge in [-0.2, -0.15) is 0 Å². The second kappa shape index (κ2) is 3.52. The monoisotopic (exact) mass is 228 g/mol. The molecule has 0 bridgehead atoms. The lowest BCUT2D eigenvalue weighted by molar-refractivity contribution is 0.542. The quantitative estimate of drug-likeness (QED) is 0.752. The van der Waals surface area contributed by atoms with Gasteiger partial charge in [-0.05, 0) is 18.2 Å². The lowest BCUT2D eigenvalue weighted by Crippen LogP contribution is -2.01. The van der Waals surface area contributed by atoms with Gasteiger partial charge in [0.2, 0.25) is 0 Å². The van der Waals surface area contributed by atoms with E-state index in [0.29, 0.717) is 10.8 Å². The number of hydrogen-bond acceptors (Lipinski definition) is 5. The van der Waals surface area contributed by atoms with Crippen molar-refractivity contribution in [2.24, 2.45) is 0 Å². The number of nitrogens with two attached hydrogens (primary N) is 1. The number of hydrogen-bond donors (Lipinski definition) is 2. The normalized spacial score (nSPS) is 12.9. The van der Waals surface area contributed by atoms with Gasteiger partial charge in [-0.1, -0.05) is 11.3 Å². The number of thiazole rings is 1. The molecule has 1 aromatic heterocycles. The summed E-state index contributed by atoms with van der Waals surface area (Å²) in [4.78, 5) is 4.05. The molecule has 0 fully saturated rings. The van der Waals surface area contributed by atoms with Crippen LogP contribution in [0, 0.1) is 0 Å². The fourth-order valence-electron chi connectivity index (χ4n) is 1.10. The van der Waals surface area contributed by atoms with Crippen molar-refractivity contribution in [1.29, 1.82) is 0 Å². The third kappa shape index (κ3) is 1.84. The molecule has 1 heterocycles. The summed E-state index contributed by atoms with van der Waals surface area (Å²) in [5.41, 5.74) is 6.79. The van der Waals surface area contributed by atoms with E-state index < -0.39 is 11.3 Å². The maximum Gasteiger partial charge on any atom is 0.181 e. The number of aromatic nitrogens is 1. The van der Waals surface area contributed by atoms with E-state index in [0.717, 1.165) is 10.2 Å². The van der Waals surface area contributed by atoms with Crippen LogP contribution in [0.5, 0.6) is 0 Å². The standard InChI is InChI=1S/C7H7N3O2S2/c8-7-9-5-2-1-4(10-14(11)12)3-6(5)13-7/h1-3,10H,(H2,8,9)(H,11,12)/p-1. The molecule has 0 radical (unpaired) electrons. The molecule has 0 aliphatic carbocycles. The van der Waals surface area contributed by atoms with Crippen LogP contribution >= 0.6 is 11.3 Å². The molecule has 0 spiro atoms. The zero-order valence-electron chi connectivity index (χ0n) is 6.89. The van der Waals surface area contributed by atoms with Crippen molar-refractivity contribution in [1.82, 2.24) is 4.98 Å². The van der Waals surface area contributed by atoms with Crippen molar-refractivity contribution in [3.05, 3.63) is 18.2 Å². The maximum atomic E-state index is 10.4. The van der Waals surface area contributed by atoms with Crippen molar-refractivity contribution >= 4 is 43.6 Å². The van der Waals surface area contributed by atoms with Gasteiger partial charge in [0.15, 0.2) is 5.13 Å². The summed E-state index contributed by atoms with van der Waals surface area (Å²) in [7, 11) is 0. The molecule has 1 aromatic carbocycles. The summed E-state index contributed by atoms with van der Waals surface area (Å²) in [6.45, 7) is 0. The fraction of sp³-hybridized carbons (Fsp3) is 0. The first-order valence-corrected chi connectivity index (χ1v) is 5.56. The van der Waals surface area contributed by atoms with Gasteiger partial charge in [0, 0.05) is 17.0 Å². The highest BCUT2D eigenvalue weighted by Crippen LogP contribution is 2.26. The van der Waals surface area contributed by atoms with E-state index in [1.165, 1.54) is 11.3 Å². The molecule has 5 nitrogen and oxygen atoms in total. The summed E-state index contributed by atoms with van der Waals surface area (Å²) in [6.07, 6.45) is 0. The number of anilines is 2. The minimum absolute atomic E-state index is 0.473. The Morgan fingerprint density at radius 2 is 2.36 bits per heavy atom. The number of benzene rings is 1.